The Morgan fingerprint density at radius 2 is 1.86 bits per heavy atom. The number of carbonyl (C=O) groups excluding carboxylic acids is 2. The van der Waals surface area contributed by atoms with Crippen molar-refractivity contribution >= 4 is 60.5 Å². The highest BCUT2D eigenvalue weighted by Crippen LogP contribution is 2.32. The fraction of sp³-hybridized carbons (Fsp3) is 0.385. The van der Waals surface area contributed by atoms with Gasteiger partial charge in [-0.25, -0.2) is 12.7 Å². The van der Waals surface area contributed by atoms with E-state index in [1.165, 1.54) is 28.8 Å². The Balaban J connectivity index is 1.60. The molecule has 0 radical (unpaired) electrons. The quantitative estimate of drug-likeness (QED) is 0.235. The third-order valence-corrected chi connectivity index (χ3v) is 9.43. The normalized spacial score (nSPS) is 12.7. The predicted molar refractivity (Wildman–Crippen MR) is 151 cm³/mol. The van der Waals surface area contributed by atoms with Crippen molar-refractivity contribution in [1.82, 2.24) is 14.9 Å². The van der Waals surface area contributed by atoms with Crippen molar-refractivity contribution in [2.45, 2.75) is 44.6 Å². The molecular weight excluding hydrogens is 532 g/mol. The van der Waals surface area contributed by atoms with Gasteiger partial charge in [0.1, 0.15) is 10.9 Å². The number of anilines is 1. The summed E-state index contributed by atoms with van der Waals surface area (Å²) >= 11 is 7.48. The molecule has 0 aliphatic heterocycles. The molecule has 0 saturated heterocycles. The molecule has 1 heterocycles. The zero-order valence-corrected chi connectivity index (χ0v) is 23.8. The molecule has 0 unspecified atom stereocenters. The van der Waals surface area contributed by atoms with Crippen LogP contribution >= 0.6 is 22.9 Å². The Bertz CT molecular complexity index is 1390. The highest BCUT2D eigenvalue weighted by atomic mass is 35.5. The van der Waals surface area contributed by atoms with Crippen molar-refractivity contribution in [2.24, 2.45) is 5.92 Å². The molecule has 200 valence electrons. The maximum absolute atomic E-state index is 13.1. The number of benzene rings is 2. The van der Waals surface area contributed by atoms with Crippen molar-refractivity contribution in [1.29, 1.82) is 0 Å². The number of carbonyl (C=O) groups is 2. The van der Waals surface area contributed by atoms with Crippen LogP contribution < -0.4 is 16.4 Å². The van der Waals surface area contributed by atoms with Gasteiger partial charge in [-0.15, -0.1) is 11.3 Å². The van der Waals surface area contributed by atoms with Gasteiger partial charge in [0.05, 0.1) is 10.6 Å². The number of para-hydroxylation sites is 1. The first-order valence-corrected chi connectivity index (χ1v) is 14.6. The number of hydrogen-bond donors (Lipinski definition) is 3. The Labute approximate surface area is 227 Å². The number of nitrogen functional groups attached to an aromatic ring is 1. The van der Waals surface area contributed by atoms with Gasteiger partial charge in [0, 0.05) is 29.9 Å². The third kappa shape index (κ3) is 7.01. The summed E-state index contributed by atoms with van der Waals surface area (Å²) in [7, 11) is -2.26. The fourth-order valence-electron chi connectivity index (χ4n) is 3.98. The highest BCUT2D eigenvalue weighted by Gasteiger charge is 2.26. The van der Waals surface area contributed by atoms with Crippen LogP contribution in [0.4, 0.5) is 5.69 Å². The summed E-state index contributed by atoms with van der Waals surface area (Å²) < 4.78 is 27.7. The van der Waals surface area contributed by atoms with Crippen LogP contribution in [0.15, 0.2) is 47.4 Å². The second-order valence-electron chi connectivity index (χ2n) is 9.36. The van der Waals surface area contributed by atoms with E-state index in [0.29, 0.717) is 22.7 Å². The molecule has 8 nitrogen and oxygen atoms in total. The molecule has 0 bridgehead atoms. The van der Waals surface area contributed by atoms with E-state index >= 15 is 0 Å². The fourth-order valence-corrected chi connectivity index (χ4v) is 6.56. The monoisotopic (exact) mass is 564 g/mol. The molecule has 4 N–H and O–H groups in total. The van der Waals surface area contributed by atoms with E-state index < -0.39 is 16.1 Å². The maximum Gasteiger partial charge on any atom is 0.262 e. The van der Waals surface area contributed by atoms with Gasteiger partial charge in [-0.2, -0.15) is 0 Å². The van der Waals surface area contributed by atoms with Crippen LogP contribution in [0, 0.1) is 12.8 Å². The first-order valence-electron chi connectivity index (χ1n) is 12.0. The average molecular weight is 565 g/mol. The average Bonchev–Trinajstić information content (AvgIpc) is 3.16. The molecule has 1 aromatic heterocycles. The number of nitrogens with zero attached hydrogens (tertiary/aromatic N) is 1. The van der Waals surface area contributed by atoms with Crippen molar-refractivity contribution in [3.8, 4) is 0 Å². The van der Waals surface area contributed by atoms with Gasteiger partial charge in [0.15, 0.2) is 0 Å². The van der Waals surface area contributed by atoms with E-state index in [0.717, 1.165) is 15.6 Å². The second kappa shape index (κ2) is 12.3. The molecule has 2 aromatic carbocycles. The highest BCUT2D eigenvalue weighted by molar-refractivity contribution is 7.89. The minimum Gasteiger partial charge on any atom is -0.398 e. The number of aryl methyl sites for hydroxylation is 1. The lowest BCUT2D eigenvalue weighted by Gasteiger charge is -2.21. The lowest BCUT2D eigenvalue weighted by molar-refractivity contribution is -0.123. The minimum atomic E-state index is -3.74. The third-order valence-electron chi connectivity index (χ3n) is 5.99. The van der Waals surface area contributed by atoms with Crippen molar-refractivity contribution in [3.63, 3.8) is 0 Å². The zero-order chi connectivity index (χ0) is 27.3. The molecule has 3 rings (SSSR count). The summed E-state index contributed by atoms with van der Waals surface area (Å²) in [5.41, 5.74) is 6.84. The van der Waals surface area contributed by atoms with Crippen LogP contribution in [-0.4, -0.2) is 50.7 Å². The molecule has 2 amide bonds. The molecule has 1 atom stereocenters. The topological polar surface area (TPSA) is 122 Å². The van der Waals surface area contributed by atoms with Gasteiger partial charge >= 0.3 is 0 Å². The second-order valence-corrected chi connectivity index (χ2v) is 12.9. The van der Waals surface area contributed by atoms with Gasteiger partial charge < -0.3 is 16.4 Å². The number of halogens is 1. The summed E-state index contributed by atoms with van der Waals surface area (Å²) in [6, 6.07) is 11.1. The molecule has 0 spiro atoms. The summed E-state index contributed by atoms with van der Waals surface area (Å²) in [5, 5.41) is 7.25. The van der Waals surface area contributed by atoms with Crippen molar-refractivity contribution in [3.05, 3.63) is 57.9 Å². The first kappa shape index (κ1) is 28.9. The predicted octanol–water partition coefficient (Wildman–Crippen LogP) is 4.42. The van der Waals surface area contributed by atoms with Crippen molar-refractivity contribution in [2.75, 3.05) is 25.9 Å². The minimum absolute atomic E-state index is 0.0556. The van der Waals surface area contributed by atoms with Crippen LogP contribution in [0.2, 0.25) is 5.02 Å². The summed E-state index contributed by atoms with van der Waals surface area (Å²) in [6.07, 6.45) is 0.863. The van der Waals surface area contributed by atoms with Gasteiger partial charge in [0.2, 0.25) is 15.9 Å². The van der Waals surface area contributed by atoms with Gasteiger partial charge in [-0.3, -0.25) is 9.59 Å². The van der Waals surface area contributed by atoms with E-state index in [1.54, 1.807) is 24.3 Å². The molecule has 0 aliphatic carbocycles. The molecule has 37 heavy (non-hydrogen) atoms. The molecule has 0 saturated carbocycles. The smallest absolute Gasteiger partial charge is 0.262 e. The standard InChI is InChI=1S/C26H33ClN4O4S2/c1-16(2)14-21(30-26(33)24-17(3)19-15-18(27)10-11-22(19)36-24)25(32)29-12-7-13-31(4)37(34,35)23-9-6-5-8-20(23)28/h5-6,8-11,15-16,21H,7,12-14,28H2,1-4H3,(H,29,32)(H,30,33)/t21-/m0/s1. The van der Waals surface area contributed by atoms with E-state index in [-0.39, 0.29) is 41.4 Å². The van der Waals surface area contributed by atoms with Gasteiger partial charge in [-0.1, -0.05) is 37.6 Å². The Morgan fingerprint density at radius 1 is 1.16 bits per heavy atom. The summed E-state index contributed by atoms with van der Waals surface area (Å²) in [4.78, 5) is 26.7. The van der Waals surface area contributed by atoms with Crippen LogP contribution in [0.25, 0.3) is 10.1 Å². The number of nitrogens with two attached hydrogens (primary N) is 1. The molecule has 0 aliphatic rings. The number of thiophene rings is 1. The number of fused-ring (bicyclic) bond motifs is 1. The SMILES string of the molecule is Cc1c(C(=O)N[C@@H](CC(C)C)C(=O)NCCCN(C)S(=O)(=O)c2ccccc2N)sc2ccc(Cl)cc12. The number of amides is 2. The largest absolute Gasteiger partial charge is 0.398 e. The Hall–Kier alpha value is -2.66. The van der Waals surface area contributed by atoms with E-state index in [9.17, 15) is 18.0 Å². The molecule has 0 fully saturated rings. The van der Waals surface area contributed by atoms with E-state index in [2.05, 4.69) is 10.6 Å². The first-order chi connectivity index (χ1) is 17.4. The molecule has 11 heteroatoms. The number of rotatable bonds is 11. The molecule has 3 aromatic rings. The van der Waals surface area contributed by atoms with Crippen LogP contribution in [0.1, 0.15) is 41.9 Å². The van der Waals surface area contributed by atoms with E-state index in [1.807, 2.05) is 32.9 Å². The van der Waals surface area contributed by atoms with Gasteiger partial charge in [-0.05, 0) is 67.0 Å². The number of sulfonamides is 1. The van der Waals surface area contributed by atoms with Crippen LogP contribution in [-0.2, 0) is 14.8 Å². The van der Waals surface area contributed by atoms with Gasteiger partial charge in [0.25, 0.3) is 5.91 Å². The lowest BCUT2D eigenvalue weighted by atomic mass is 10.0. The van der Waals surface area contributed by atoms with Crippen LogP contribution in [0.5, 0.6) is 0 Å². The van der Waals surface area contributed by atoms with E-state index in [4.69, 9.17) is 17.3 Å². The zero-order valence-electron chi connectivity index (χ0n) is 21.4. The van der Waals surface area contributed by atoms with Crippen molar-refractivity contribution < 1.29 is 18.0 Å². The summed E-state index contributed by atoms with van der Waals surface area (Å²) in [5.74, 6) is -0.436. The molecular formula is C26H33ClN4O4S2. The maximum atomic E-state index is 13.1. The summed E-state index contributed by atoms with van der Waals surface area (Å²) in [6.45, 7) is 6.28. The lowest BCUT2D eigenvalue weighted by Crippen LogP contribution is -2.47. The number of hydrogen-bond acceptors (Lipinski definition) is 6. The Morgan fingerprint density at radius 3 is 2.54 bits per heavy atom. The van der Waals surface area contributed by atoms with Crippen LogP contribution in [0.3, 0.4) is 0 Å². The number of nitrogens with one attached hydrogen (secondary N) is 2. The Kier molecular flexibility index (Phi) is 9.57.